The topological polar surface area (TPSA) is 0 Å². The SMILES string of the molecule is CCCc1cc(F)c(CCc2ccc(CCc3ccc(F)c(F)c3)cc2)c(F)c1. The Bertz CT molecular complexity index is 938. The first kappa shape index (κ1) is 21.1. The third-order valence-corrected chi connectivity index (χ3v) is 5.11. The Hall–Kier alpha value is -2.62. The summed E-state index contributed by atoms with van der Waals surface area (Å²) < 4.78 is 54.7. The molecule has 0 radical (unpaired) electrons. The van der Waals surface area contributed by atoms with Gasteiger partial charge in [0.05, 0.1) is 0 Å². The fourth-order valence-corrected chi connectivity index (χ4v) is 3.45. The maximum Gasteiger partial charge on any atom is 0.159 e. The molecule has 0 heterocycles. The zero-order valence-corrected chi connectivity index (χ0v) is 16.5. The van der Waals surface area contributed by atoms with Crippen molar-refractivity contribution in [1.29, 1.82) is 0 Å². The van der Waals surface area contributed by atoms with Crippen LogP contribution in [0.3, 0.4) is 0 Å². The van der Waals surface area contributed by atoms with Gasteiger partial charge in [0.15, 0.2) is 11.6 Å². The molecule has 0 spiro atoms. The van der Waals surface area contributed by atoms with E-state index in [1.807, 2.05) is 31.2 Å². The minimum atomic E-state index is -0.842. The molecule has 3 aromatic rings. The molecule has 0 fully saturated rings. The number of rotatable bonds is 8. The van der Waals surface area contributed by atoms with Crippen LogP contribution in [0.5, 0.6) is 0 Å². The van der Waals surface area contributed by atoms with Crippen LogP contribution in [-0.4, -0.2) is 0 Å². The van der Waals surface area contributed by atoms with Crippen LogP contribution < -0.4 is 0 Å². The van der Waals surface area contributed by atoms with Gasteiger partial charge in [0.1, 0.15) is 11.6 Å². The largest absolute Gasteiger partial charge is 0.207 e. The van der Waals surface area contributed by atoms with Crippen molar-refractivity contribution in [1.82, 2.24) is 0 Å². The first-order valence-electron chi connectivity index (χ1n) is 9.94. The van der Waals surface area contributed by atoms with Crippen molar-refractivity contribution in [3.8, 4) is 0 Å². The third-order valence-electron chi connectivity index (χ3n) is 5.11. The van der Waals surface area contributed by atoms with E-state index in [-0.39, 0.29) is 5.56 Å². The van der Waals surface area contributed by atoms with Crippen molar-refractivity contribution in [2.75, 3.05) is 0 Å². The van der Waals surface area contributed by atoms with E-state index >= 15 is 0 Å². The van der Waals surface area contributed by atoms with Gasteiger partial charge in [-0.05, 0) is 78.6 Å². The average molecular weight is 400 g/mol. The van der Waals surface area contributed by atoms with Crippen molar-refractivity contribution < 1.29 is 17.6 Å². The molecule has 3 aromatic carbocycles. The van der Waals surface area contributed by atoms with Gasteiger partial charge in [-0.25, -0.2) is 17.6 Å². The molecule has 0 N–H and O–H groups in total. The molecule has 0 atom stereocenters. The first-order chi connectivity index (χ1) is 14.0. The molecule has 0 saturated heterocycles. The Morgan fingerprint density at radius 1 is 0.483 bits per heavy atom. The molecule has 0 nitrogen and oxygen atoms in total. The summed E-state index contributed by atoms with van der Waals surface area (Å²) in [6.07, 6.45) is 3.67. The van der Waals surface area contributed by atoms with Crippen LogP contribution in [-0.2, 0) is 32.1 Å². The molecule has 29 heavy (non-hydrogen) atoms. The highest BCUT2D eigenvalue weighted by Crippen LogP contribution is 2.19. The highest BCUT2D eigenvalue weighted by atomic mass is 19.2. The average Bonchev–Trinajstić information content (AvgIpc) is 2.69. The van der Waals surface area contributed by atoms with E-state index in [1.165, 1.54) is 18.2 Å². The predicted octanol–water partition coefficient (Wildman–Crippen LogP) is 6.77. The van der Waals surface area contributed by atoms with Crippen molar-refractivity contribution in [2.45, 2.75) is 45.4 Å². The van der Waals surface area contributed by atoms with Gasteiger partial charge in [-0.3, -0.25) is 0 Å². The second-order valence-corrected chi connectivity index (χ2v) is 7.35. The number of benzene rings is 3. The van der Waals surface area contributed by atoms with Gasteiger partial charge in [-0.2, -0.15) is 0 Å². The van der Waals surface area contributed by atoms with Crippen LogP contribution in [0.15, 0.2) is 54.6 Å². The fourth-order valence-electron chi connectivity index (χ4n) is 3.45. The molecule has 3 rings (SSSR count). The van der Waals surface area contributed by atoms with Crippen LogP contribution >= 0.6 is 0 Å². The van der Waals surface area contributed by atoms with Crippen LogP contribution in [0.25, 0.3) is 0 Å². The summed E-state index contributed by atoms with van der Waals surface area (Å²) in [6, 6.07) is 14.6. The summed E-state index contributed by atoms with van der Waals surface area (Å²) in [4.78, 5) is 0. The summed E-state index contributed by atoms with van der Waals surface area (Å²) >= 11 is 0. The molecule has 0 aliphatic heterocycles. The Labute approximate surface area is 169 Å². The van der Waals surface area contributed by atoms with E-state index < -0.39 is 23.3 Å². The summed E-state index contributed by atoms with van der Waals surface area (Å²) in [5, 5.41) is 0. The normalized spacial score (nSPS) is 11.1. The van der Waals surface area contributed by atoms with Crippen LogP contribution in [0.2, 0.25) is 0 Å². The quantitative estimate of drug-likeness (QED) is 0.366. The van der Waals surface area contributed by atoms with Crippen molar-refractivity contribution in [3.05, 3.63) is 106 Å². The van der Waals surface area contributed by atoms with E-state index in [2.05, 4.69) is 0 Å². The van der Waals surface area contributed by atoms with E-state index in [4.69, 9.17) is 0 Å². The predicted molar refractivity (Wildman–Crippen MR) is 108 cm³/mol. The molecular weight excluding hydrogens is 376 g/mol. The van der Waals surface area contributed by atoms with E-state index in [1.54, 1.807) is 6.07 Å². The minimum absolute atomic E-state index is 0.132. The molecule has 152 valence electrons. The number of aryl methyl sites for hydroxylation is 4. The smallest absolute Gasteiger partial charge is 0.159 e. The molecule has 4 heteroatoms. The molecule has 0 amide bonds. The van der Waals surface area contributed by atoms with Crippen molar-refractivity contribution in [2.24, 2.45) is 0 Å². The molecule has 0 bridgehead atoms. The van der Waals surface area contributed by atoms with Gasteiger partial charge in [0.25, 0.3) is 0 Å². The zero-order valence-electron chi connectivity index (χ0n) is 16.5. The van der Waals surface area contributed by atoms with Crippen LogP contribution in [0.1, 0.15) is 41.2 Å². The summed E-state index contributed by atoms with van der Waals surface area (Å²) in [5.41, 5.74) is 3.63. The number of hydrogen-bond acceptors (Lipinski definition) is 0. The molecule has 0 aliphatic carbocycles. The van der Waals surface area contributed by atoms with Gasteiger partial charge in [0.2, 0.25) is 0 Å². The Kier molecular flexibility index (Phi) is 7.08. The molecule has 0 saturated carbocycles. The lowest BCUT2D eigenvalue weighted by Crippen LogP contribution is -2.01. The molecule has 0 aliphatic rings. The summed E-state index contributed by atoms with van der Waals surface area (Å²) in [5.74, 6) is -2.63. The third kappa shape index (κ3) is 5.69. The zero-order chi connectivity index (χ0) is 20.8. The summed E-state index contributed by atoms with van der Waals surface area (Å²) in [7, 11) is 0. The standard InChI is InChI=1S/C25H24F4/c1-2-3-20-15-23(27)21(24(28)16-20)12-10-18-6-4-17(5-7-18)8-9-19-11-13-22(26)25(29)14-19/h4-7,11,13-16H,2-3,8-10,12H2,1H3. The van der Waals surface area contributed by atoms with Gasteiger partial charge >= 0.3 is 0 Å². The lowest BCUT2D eigenvalue weighted by atomic mass is 9.98. The van der Waals surface area contributed by atoms with Gasteiger partial charge in [-0.1, -0.05) is 43.7 Å². The number of halogens is 4. The van der Waals surface area contributed by atoms with Crippen LogP contribution in [0, 0.1) is 23.3 Å². The van der Waals surface area contributed by atoms with Gasteiger partial charge < -0.3 is 0 Å². The van der Waals surface area contributed by atoms with E-state index in [9.17, 15) is 17.6 Å². The molecule has 0 unspecified atom stereocenters. The Balaban J connectivity index is 1.57. The maximum atomic E-state index is 14.2. The van der Waals surface area contributed by atoms with E-state index in [0.29, 0.717) is 37.7 Å². The fraction of sp³-hybridized carbons (Fsp3) is 0.280. The lowest BCUT2D eigenvalue weighted by Gasteiger charge is -2.09. The minimum Gasteiger partial charge on any atom is -0.207 e. The Morgan fingerprint density at radius 3 is 1.52 bits per heavy atom. The lowest BCUT2D eigenvalue weighted by molar-refractivity contribution is 0.507. The second-order valence-electron chi connectivity index (χ2n) is 7.35. The summed E-state index contributed by atoms with van der Waals surface area (Å²) in [6.45, 7) is 1.98. The number of hydrogen-bond donors (Lipinski definition) is 0. The van der Waals surface area contributed by atoms with Crippen molar-refractivity contribution in [3.63, 3.8) is 0 Å². The highest BCUT2D eigenvalue weighted by molar-refractivity contribution is 5.29. The maximum absolute atomic E-state index is 14.2. The first-order valence-corrected chi connectivity index (χ1v) is 9.94. The molecular formula is C25H24F4. The molecule has 0 aromatic heterocycles. The van der Waals surface area contributed by atoms with Crippen LogP contribution in [0.4, 0.5) is 17.6 Å². The Morgan fingerprint density at radius 2 is 0.966 bits per heavy atom. The monoisotopic (exact) mass is 400 g/mol. The van der Waals surface area contributed by atoms with E-state index in [0.717, 1.165) is 29.2 Å². The second kappa shape index (κ2) is 9.73. The van der Waals surface area contributed by atoms with Gasteiger partial charge in [0, 0.05) is 5.56 Å². The van der Waals surface area contributed by atoms with Crippen molar-refractivity contribution >= 4 is 0 Å². The van der Waals surface area contributed by atoms with Gasteiger partial charge in [-0.15, -0.1) is 0 Å². The highest BCUT2D eigenvalue weighted by Gasteiger charge is 2.11.